The lowest BCUT2D eigenvalue weighted by Gasteiger charge is -2.31. The van der Waals surface area contributed by atoms with Gasteiger partial charge in [-0.25, -0.2) is 0 Å². The summed E-state index contributed by atoms with van der Waals surface area (Å²) in [5.41, 5.74) is 3.18. The van der Waals surface area contributed by atoms with Crippen molar-refractivity contribution in [3.63, 3.8) is 0 Å². The van der Waals surface area contributed by atoms with Crippen LogP contribution < -0.4 is 15.4 Å². The number of aliphatic hydroxyl groups excluding tert-OH is 1. The predicted octanol–water partition coefficient (Wildman–Crippen LogP) is 6.03. The number of aliphatic hydroxyl groups is 1. The van der Waals surface area contributed by atoms with Gasteiger partial charge >= 0.3 is 0 Å². The predicted molar refractivity (Wildman–Crippen MR) is 180 cm³/mol. The fourth-order valence-corrected chi connectivity index (χ4v) is 6.27. The molecule has 0 spiro atoms. The Bertz CT molecular complexity index is 1450. The van der Waals surface area contributed by atoms with E-state index in [0.717, 1.165) is 47.5 Å². The number of benzene rings is 3. The Balaban J connectivity index is 1.39. The summed E-state index contributed by atoms with van der Waals surface area (Å²) in [6.07, 6.45) is 7.53. The zero-order valence-corrected chi connectivity index (χ0v) is 26.9. The number of likely N-dealkylation sites (N-methyl/N-ethyl adjacent to an activating group) is 1. The van der Waals surface area contributed by atoms with Gasteiger partial charge in [0.25, 0.3) is 0 Å². The van der Waals surface area contributed by atoms with Crippen LogP contribution in [0.3, 0.4) is 0 Å². The molecule has 3 aromatic rings. The number of nitrogens with one attached hydrogen (secondary N) is 2. The Morgan fingerprint density at radius 3 is 2.50 bits per heavy atom. The van der Waals surface area contributed by atoms with Gasteiger partial charge in [-0.15, -0.1) is 0 Å². The molecule has 5 atom stereocenters. The Hall–Kier alpha value is -3.98. The largest absolute Gasteiger partial charge is 0.457 e. The average Bonchev–Trinajstić information content (AvgIpc) is 3.41. The van der Waals surface area contributed by atoms with Gasteiger partial charge in [-0.1, -0.05) is 86.5 Å². The van der Waals surface area contributed by atoms with Crippen molar-refractivity contribution in [1.82, 2.24) is 15.5 Å². The van der Waals surface area contributed by atoms with Gasteiger partial charge in [-0.3, -0.25) is 9.59 Å². The van der Waals surface area contributed by atoms with Crippen molar-refractivity contribution in [3.8, 4) is 11.5 Å². The van der Waals surface area contributed by atoms with Gasteiger partial charge in [0.05, 0.1) is 24.9 Å². The highest BCUT2D eigenvalue weighted by Crippen LogP contribution is 2.43. The van der Waals surface area contributed by atoms with Gasteiger partial charge in [0.2, 0.25) is 11.8 Å². The molecule has 0 fully saturated rings. The smallest absolute Gasteiger partial charge is 0.243 e. The number of nitrogens with zero attached hydrogens (tertiary/aromatic N) is 1. The fraction of sp³-hybridized carbons (Fsp3) is 0.421. The van der Waals surface area contributed by atoms with Crippen molar-refractivity contribution in [2.45, 2.75) is 82.2 Å². The van der Waals surface area contributed by atoms with Crippen LogP contribution in [0.5, 0.6) is 11.5 Å². The van der Waals surface area contributed by atoms with Crippen LogP contribution in [0, 0.1) is 0 Å². The van der Waals surface area contributed by atoms with Gasteiger partial charge in [-0.05, 0) is 66.6 Å². The summed E-state index contributed by atoms with van der Waals surface area (Å²) >= 11 is 0. The van der Waals surface area contributed by atoms with Crippen LogP contribution in [0.1, 0.15) is 74.3 Å². The molecule has 3 N–H and O–H groups in total. The second-order valence-corrected chi connectivity index (χ2v) is 12.3. The maximum Gasteiger partial charge on any atom is 0.243 e. The molecule has 46 heavy (non-hydrogen) atoms. The maximum atomic E-state index is 13.8. The lowest BCUT2D eigenvalue weighted by atomic mass is 9.99. The average molecular weight is 626 g/mol. The molecule has 1 aliphatic heterocycles. The molecular weight excluding hydrogens is 578 g/mol. The standard InChI is InChI=1S/C38H47N3O5/c1-3-4-7-19-37(43)41(2)34-18-12-13-22-45-36-25-32(31-24-29(20-21-30(31)36)46-28-16-10-6-11-17-28)39-26-35(42)33(40-38(34)44)23-27-14-8-5-9-15-27/h5-6,8-17,20-21,24,32-36,39,42H,3-4,7,18-19,22-23,25-26H2,1-2H3,(H,40,44)/t32?,33-,34?,35+,36?/m0/s1. The van der Waals surface area contributed by atoms with Crippen molar-refractivity contribution in [1.29, 1.82) is 0 Å². The van der Waals surface area contributed by atoms with Crippen LogP contribution in [-0.2, 0) is 20.7 Å². The molecule has 3 unspecified atom stereocenters. The SMILES string of the molecule is CCCCCC(=O)N(C)C1CC=CCOC2CC(NC[C@@H](O)[C@H](Cc3ccccc3)NC1=O)c1cc(Oc3ccccc3)ccc12. The third kappa shape index (κ3) is 8.84. The van der Waals surface area contributed by atoms with Gasteiger partial charge in [-0.2, -0.15) is 0 Å². The Morgan fingerprint density at radius 1 is 0.978 bits per heavy atom. The third-order valence-corrected chi connectivity index (χ3v) is 8.95. The third-order valence-electron chi connectivity index (χ3n) is 8.95. The molecule has 2 aliphatic rings. The molecule has 2 bridgehead atoms. The zero-order chi connectivity index (χ0) is 32.3. The van der Waals surface area contributed by atoms with E-state index in [2.05, 4.69) is 29.7 Å². The minimum absolute atomic E-state index is 0.0532. The van der Waals surface area contributed by atoms with Crippen LogP contribution in [0.25, 0.3) is 0 Å². The molecule has 0 radical (unpaired) electrons. The van der Waals surface area contributed by atoms with E-state index in [4.69, 9.17) is 9.47 Å². The second-order valence-electron chi connectivity index (χ2n) is 12.3. The van der Waals surface area contributed by atoms with Crippen molar-refractivity contribution >= 4 is 11.8 Å². The quantitative estimate of drug-likeness (QED) is 0.199. The molecule has 3 aromatic carbocycles. The van der Waals surface area contributed by atoms with E-state index in [-0.39, 0.29) is 30.5 Å². The van der Waals surface area contributed by atoms with Gasteiger partial charge < -0.3 is 30.1 Å². The number of β-amino-alcohol motifs (C(OH)–C–C–N with tert-alkyl or cyclic N) is 1. The highest BCUT2D eigenvalue weighted by atomic mass is 16.5. The summed E-state index contributed by atoms with van der Waals surface area (Å²) < 4.78 is 12.5. The number of rotatable bonds is 9. The van der Waals surface area contributed by atoms with E-state index in [1.165, 1.54) is 0 Å². The van der Waals surface area contributed by atoms with Crippen LogP contribution in [0.4, 0.5) is 0 Å². The molecule has 1 aliphatic carbocycles. The van der Waals surface area contributed by atoms with E-state index < -0.39 is 18.2 Å². The topological polar surface area (TPSA) is 100 Å². The van der Waals surface area contributed by atoms with Crippen LogP contribution >= 0.6 is 0 Å². The molecule has 2 amide bonds. The van der Waals surface area contributed by atoms with E-state index in [1.807, 2.05) is 78.9 Å². The molecule has 1 heterocycles. The lowest BCUT2D eigenvalue weighted by molar-refractivity contribution is -0.139. The number of para-hydroxylation sites is 1. The van der Waals surface area contributed by atoms with Crippen molar-refractivity contribution in [2.75, 3.05) is 20.2 Å². The molecule has 0 saturated carbocycles. The lowest BCUT2D eigenvalue weighted by Crippen LogP contribution is -2.55. The van der Waals surface area contributed by atoms with Crippen LogP contribution in [0.15, 0.2) is 91.0 Å². The summed E-state index contributed by atoms with van der Waals surface area (Å²) in [6, 6.07) is 24.3. The number of unbranched alkanes of at least 4 members (excludes halogenated alkanes) is 2. The van der Waals surface area contributed by atoms with Crippen molar-refractivity contribution in [3.05, 3.63) is 108 Å². The molecule has 8 heteroatoms. The summed E-state index contributed by atoms with van der Waals surface area (Å²) in [6.45, 7) is 2.73. The number of hydrogen-bond donors (Lipinski definition) is 3. The zero-order valence-electron chi connectivity index (χ0n) is 26.9. The highest BCUT2D eigenvalue weighted by Gasteiger charge is 2.34. The van der Waals surface area contributed by atoms with Gasteiger partial charge in [0.1, 0.15) is 17.5 Å². The minimum atomic E-state index is -0.886. The van der Waals surface area contributed by atoms with Crippen molar-refractivity contribution in [2.24, 2.45) is 0 Å². The second kappa shape index (κ2) is 16.5. The fourth-order valence-electron chi connectivity index (χ4n) is 6.27. The number of fused-ring (bicyclic) bond motifs is 5. The molecule has 244 valence electrons. The number of carbonyl (C=O) groups excluding carboxylic acids is 2. The molecular formula is C38H47N3O5. The van der Waals surface area contributed by atoms with E-state index in [0.29, 0.717) is 32.3 Å². The highest BCUT2D eigenvalue weighted by molar-refractivity contribution is 5.88. The Labute approximate surface area is 272 Å². The first-order valence-electron chi connectivity index (χ1n) is 16.6. The first-order valence-corrected chi connectivity index (χ1v) is 16.6. The van der Waals surface area contributed by atoms with E-state index in [9.17, 15) is 14.7 Å². The monoisotopic (exact) mass is 625 g/mol. The summed E-state index contributed by atoms with van der Waals surface area (Å²) in [7, 11) is 1.70. The van der Waals surface area contributed by atoms with E-state index >= 15 is 0 Å². The molecule has 0 aromatic heterocycles. The first-order chi connectivity index (χ1) is 22.4. The van der Waals surface area contributed by atoms with Gasteiger partial charge in [0.15, 0.2) is 0 Å². The molecule has 0 saturated heterocycles. The minimum Gasteiger partial charge on any atom is -0.457 e. The molecule has 5 rings (SSSR count). The number of ether oxygens (including phenoxy) is 2. The van der Waals surface area contributed by atoms with Gasteiger partial charge in [0, 0.05) is 26.1 Å². The Kier molecular flexibility index (Phi) is 12.0. The number of carbonyl (C=O) groups is 2. The van der Waals surface area contributed by atoms with Crippen molar-refractivity contribution < 1.29 is 24.2 Å². The van der Waals surface area contributed by atoms with E-state index in [1.54, 1.807) is 11.9 Å². The first kappa shape index (κ1) is 33.4. The summed E-state index contributed by atoms with van der Waals surface area (Å²) in [5.74, 6) is 1.17. The normalized spacial score (nSPS) is 23.5. The number of hydrogen-bond acceptors (Lipinski definition) is 6. The summed E-state index contributed by atoms with van der Waals surface area (Å²) in [4.78, 5) is 28.5. The maximum absolute atomic E-state index is 13.8. The number of amides is 2. The summed E-state index contributed by atoms with van der Waals surface area (Å²) in [5, 5.41) is 18.3. The Morgan fingerprint density at radius 2 is 1.74 bits per heavy atom. The van der Waals surface area contributed by atoms with Crippen LogP contribution in [0.2, 0.25) is 0 Å². The van der Waals surface area contributed by atoms with Crippen LogP contribution in [-0.4, -0.2) is 60.2 Å². The molecule has 8 nitrogen and oxygen atoms in total.